The van der Waals surface area contributed by atoms with E-state index in [2.05, 4.69) is 4.98 Å². The second kappa shape index (κ2) is 3.62. The van der Waals surface area contributed by atoms with Crippen LogP contribution in [0.15, 0.2) is 18.2 Å². The molecule has 0 aliphatic carbocycles. The Labute approximate surface area is 92.4 Å². The Kier molecular flexibility index (Phi) is 2.44. The number of benzene rings is 1. The molecule has 0 N–H and O–H groups in total. The number of hydrogen-bond acceptors (Lipinski definition) is 3. The predicted octanol–water partition coefficient (Wildman–Crippen LogP) is 2.31. The quantitative estimate of drug-likeness (QED) is 0.739. The van der Waals surface area contributed by atoms with Gasteiger partial charge in [0.25, 0.3) is 5.91 Å². The fourth-order valence-electron chi connectivity index (χ4n) is 1.43. The minimum absolute atomic E-state index is 0.0163. The average molecular weight is 220 g/mol. The highest BCUT2D eigenvalue weighted by atomic mass is 32.1. The molecule has 1 heterocycles. The first kappa shape index (κ1) is 10.1. The first-order chi connectivity index (χ1) is 7.08. The molecule has 0 aliphatic rings. The SMILES string of the molecule is Cc1nc2cc(C(=O)N(C)C)ccc2s1. The highest BCUT2D eigenvalue weighted by Crippen LogP contribution is 2.22. The van der Waals surface area contributed by atoms with Crippen LogP contribution in [0.4, 0.5) is 0 Å². The maximum Gasteiger partial charge on any atom is 0.253 e. The number of carbonyl (C=O) groups is 1. The Balaban J connectivity index is 2.51. The summed E-state index contributed by atoms with van der Waals surface area (Å²) in [6.45, 7) is 1.97. The van der Waals surface area contributed by atoms with Crippen molar-refractivity contribution in [3.63, 3.8) is 0 Å². The minimum atomic E-state index is 0.0163. The first-order valence-electron chi connectivity index (χ1n) is 4.67. The summed E-state index contributed by atoms with van der Waals surface area (Å²) in [5.74, 6) is 0.0163. The Hall–Kier alpha value is -1.42. The smallest absolute Gasteiger partial charge is 0.253 e. The number of fused-ring (bicyclic) bond motifs is 1. The summed E-state index contributed by atoms with van der Waals surface area (Å²) in [7, 11) is 3.50. The van der Waals surface area contributed by atoms with E-state index in [0.29, 0.717) is 5.56 Å². The van der Waals surface area contributed by atoms with Crippen LogP contribution in [-0.2, 0) is 0 Å². The van der Waals surface area contributed by atoms with E-state index in [1.54, 1.807) is 30.3 Å². The molecule has 0 atom stereocenters. The van der Waals surface area contributed by atoms with Crippen LogP contribution in [-0.4, -0.2) is 29.9 Å². The summed E-state index contributed by atoms with van der Waals surface area (Å²) in [6, 6.07) is 5.65. The molecule has 1 amide bonds. The van der Waals surface area contributed by atoms with Crippen LogP contribution in [0, 0.1) is 6.92 Å². The van der Waals surface area contributed by atoms with Gasteiger partial charge in [-0.1, -0.05) is 0 Å². The minimum Gasteiger partial charge on any atom is -0.345 e. The topological polar surface area (TPSA) is 33.2 Å². The van der Waals surface area contributed by atoms with Gasteiger partial charge in [0.15, 0.2) is 0 Å². The highest BCUT2D eigenvalue weighted by Gasteiger charge is 2.09. The number of aryl methyl sites for hydroxylation is 1. The van der Waals surface area contributed by atoms with E-state index < -0.39 is 0 Å². The first-order valence-corrected chi connectivity index (χ1v) is 5.48. The molecule has 4 heteroatoms. The molecule has 0 saturated heterocycles. The molecule has 2 rings (SSSR count). The largest absolute Gasteiger partial charge is 0.345 e. The van der Waals surface area contributed by atoms with Crippen molar-refractivity contribution in [2.75, 3.05) is 14.1 Å². The third kappa shape index (κ3) is 1.85. The van der Waals surface area contributed by atoms with Crippen LogP contribution in [0.5, 0.6) is 0 Å². The van der Waals surface area contributed by atoms with Crippen molar-refractivity contribution < 1.29 is 4.79 Å². The molecule has 1 aromatic heterocycles. The van der Waals surface area contributed by atoms with E-state index in [1.165, 1.54) is 0 Å². The molecule has 78 valence electrons. The average Bonchev–Trinajstić information content (AvgIpc) is 2.55. The van der Waals surface area contributed by atoms with Crippen LogP contribution in [0.3, 0.4) is 0 Å². The van der Waals surface area contributed by atoms with Crippen LogP contribution in [0.25, 0.3) is 10.2 Å². The summed E-state index contributed by atoms with van der Waals surface area (Å²) in [5.41, 5.74) is 1.60. The lowest BCUT2D eigenvalue weighted by atomic mass is 10.2. The van der Waals surface area contributed by atoms with Crippen LogP contribution in [0.1, 0.15) is 15.4 Å². The number of hydrogen-bond donors (Lipinski definition) is 0. The molecule has 0 fully saturated rings. The molecule has 3 nitrogen and oxygen atoms in total. The normalized spacial score (nSPS) is 10.6. The van der Waals surface area contributed by atoms with Crippen LogP contribution in [0.2, 0.25) is 0 Å². The van der Waals surface area contributed by atoms with Gasteiger partial charge in [-0.2, -0.15) is 0 Å². The van der Waals surface area contributed by atoms with Crippen LogP contribution < -0.4 is 0 Å². The summed E-state index contributed by atoms with van der Waals surface area (Å²) in [5, 5.41) is 1.03. The van der Waals surface area contributed by atoms with Gasteiger partial charge in [0.2, 0.25) is 0 Å². The van der Waals surface area contributed by atoms with Gasteiger partial charge in [-0.25, -0.2) is 4.98 Å². The Morgan fingerprint density at radius 3 is 2.80 bits per heavy atom. The van der Waals surface area contributed by atoms with Crippen molar-refractivity contribution in [3.8, 4) is 0 Å². The predicted molar refractivity (Wildman–Crippen MR) is 62.4 cm³/mol. The zero-order valence-electron chi connectivity index (χ0n) is 8.94. The standard InChI is InChI=1S/C11H12N2OS/c1-7-12-9-6-8(11(14)13(2)3)4-5-10(9)15-7/h4-6H,1-3H3. The van der Waals surface area contributed by atoms with E-state index in [4.69, 9.17) is 0 Å². The zero-order valence-corrected chi connectivity index (χ0v) is 9.76. The maximum absolute atomic E-state index is 11.7. The molecule has 0 spiro atoms. The number of amides is 1. The Morgan fingerprint density at radius 2 is 2.13 bits per heavy atom. The molecule has 2 aromatic rings. The summed E-state index contributed by atoms with van der Waals surface area (Å²) in [4.78, 5) is 17.6. The Morgan fingerprint density at radius 1 is 1.40 bits per heavy atom. The van der Waals surface area contributed by atoms with Gasteiger partial charge in [0, 0.05) is 19.7 Å². The molecular weight excluding hydrogens is 208 g/mol. The van der Waals surface area contributed by atoms with Gasteiger partial charge in [-0.15, -0.1) is 11.3 Å². The number of aromatic nitrogens is 1. The van der Waals surface area contributed by atoms with Gasteiger partial charge in [0.05, 0.1) is 15.2 Å². The number of carbonyl (C=O) groups excluding carboxylic acids is 1. The summed E-state index contributed by atoms with van der Waals surface area (Å²) >= 11 is 1.64. The highest BCUT2D eigenvalue weighted by molar-refractivity contribution is 7.18. The van der Waals surface area contributed by atoms with E-state index in [-0.39, 0.29) is 5.91 Å². The maximum atomic E-state index is 11.7. The fourth-order valence-corrected chi connectivity index (χ4v) is 2.24. The molecule has 0 radical (unpaired) electrons. The fraction of sp³-hybridized carbons (Fsp3) is 0.273. The zero-order chi connectivity index (χ0) is 11.0. The van der Waals surface area contributed by atoms with Crippen molar-refractivity contribution in [2.24, 2.45) is 0 Å². The molecule has 0 unspecified atom stereocenters. The lowest BCUT2D eigenvalue weighted by Crippen LogP contribution is -2.21. The number of rotatable bonds is 1. The number of thiazole rings is 1. The van der Waals surface area contributed by atoms with E-state index in [0.717, 1.165) is 15.2 Å². The van der Waals surface area contributed by atoms with Crippen molar-refractivity contribution in [1.29, 1.82) is 0 Å². The van der Waals surface area contributed by atoms with Gasteiger partial charge in [-0.05, 0) is 25.1 Å². The van der Waals surface area contributed by atoms with Gasteiger partial charge < -0.3 is 4.90 Å². The third-order valence-corrected chi connectivity index (χ3v) is 3.10. The van der Waals surface area contributed by atoms with Gasteiger partial charge >= 0.3 is 0 Å². The van der Waals surface area contributed by atoms with Crippen molar-refractivity contribution in [2.45, 2.75) is 6.92 Å². The molecular formula is C11H12N2OS. The lowest BCUT2D eigenvalue weighted by Gasteiger charge is -2.09. The molecule has 0 bridgehead atoms. The molecule has 0 saturated carbocycles. The second-order valence-electron chi connectivity index (χ2n) is 3.61. The van der Waals surface area contributed by atoms with Gasteiger partial charge in [0.1, 0.15) is 0 Å². The summed E-state index contributed by atoms with van der Waals surface area (Å²) < 4.78 is 1.13. The molecule has 15 heavy (non-hydrogen) atoms. The van der Waals surface area contributed by atoms with Crippen LogP contribution >= 0.6 is 11.3 Å². The monoisotopic (exact) mass is 220 g/mol. The van der Waals surface area contributed by atoms with E-state index in [9.17, 15) is 4.79 Å². The second-order valence-corrected chi connectivity index (χ2v) is 4.85. The van der Waals surface area contributed by atoms with Crippen molar-refractivity contribution in [3.05, 3.63) is 28.8 Å². The molecule has 1 aromatic carbocycles. The van der Waals surface area contributed by atoms with Crippen molar-refractivity contribution >= 4 is 27.5 Å². The van der Waals surface area contributed by atoms with Gasteiger partial charge in [-0.3, -0.25) is 4.79 Å². The molecule has 0 aliphatic heterocycles. The Bertz CT molecular complexity index is 516. The summed E-state index contributed by atoms with van der Waals surface area (Å²) in [6.07, 6.45) is 0. The van der Waals surface area contributed by atoms with E-state index in [1.807, 2.05) is 25.1 Å². The van der Waals surface area contributed by atoms with E-state index >= 15 is 0 Å². The number of nitrogens with zero attached hydrogens (tertiary/aromatic N) is 2. The third-order valence-electron chi connectivity index (χ3n) is 2.15. The lowest BCUT2D eigenvalue weighted by molar-refractivity contribution is 0.0828. The van der Waals surface area contributed by atoms with Crippen molar-refractivity contribution in [1.82, 2.24) is 9.88 Å².